The van der Waals surface area contributed by atoms with Gasteiger partial charge in [-0.05, 0) is 69.2 Å². The molecular weight excluding hydrogens is 725 g/mol. The molecular formula is C44H62N6O7. The van der Waals surface area contributed by atoms with Gasteiger partial charge in [-0.15, -0.1) is 0 Å². The van der Waals surface area contributed by atoms with Crippen LogP contribution in [-0.4, -0.2) is 75.2 Å². The lowest BCUT2D eigenvalue weighted by Gasteiger charge is -2.33. The van der Waals surface area contributed by atoms with Crippen LogP contribution >= 0.6 is 0 Å². The number of ether oxygens (including phenoxy) is 1. The molecule has 0 saturated heterocycles. The number of hydrogen-bond acceptors (Lipinski definition) is 8. The molecule has 13 heteroatoms. The van der Waals surface area contributed by atoms with Gasteiger partial charge in [-0.25, -0.2) is 4.79 Å². The van der Waals surface area contributed by atoms with Gasteiger partial charge in [0.2, 0.25) is 23.6 Å². The molecule has 6 unspecified atom stereocenters. The van der Waals surface area contributed by atoms with Crippen molar-refractivity contribution in [2.45, 2.75) is 129 Å². The SMILES string of the molecule is CCC(C)C(NC(=O)CC(O)C(CC(C)C)NC(=O)C(Cc1ccccc1)NC(=O)C(C)(Cc1ccccc1)NC(=O)OC(C)(C)C)C(=O)NCc1ccccn1. The van der Waals surface area contributed by atoms with Crippen LogP contribution in [0.15, 0.2) is 85.1 Å². The minimum Gasteiger partial charge on any atom is -0.444 e. The van der Waals surface area contributed by atoms with Gasteiger partial charge in [0, 0.05) is 19.0 Å². The molecule has 5 amide bonds. The number of hydrogen-bond donors (Lipinski definition) is 6. The van der Waals surface area contributed by atoms with E-state index in [-0.39, 0.29) is 43.6 Å². The van der Waals surface area contributed by atoms with Gasteiger partial charge in [-0.1, -0.05) is 101 Å². The molecule has 57 heavy (non-hydrogen) atoms. The number of aromatic nitrogens is 1. The molecule has 0 radical (unpaired) electrons. The molecule has 0 spiro atoms. The Kier molecular flexibility index (Phi) is 17.7. The van der Waals surface area contributed by atoms with Gasteiger partial charge in [0.05, 0.1) is 30.8 Å². The predicted molar refractivity (Wildman–Crippen MR) is 219 cm³/mol. The molecule has 0 aliphatic heterocycles. The molecule has 310 valence electrons. The second-order valence-corrected chi connectivity index (χ2v) is 16.3. The minimum atomic E-state index is -1.54. The van der Waals surface area contributed by atoms with Crippen LogP contribution in [0.2, 0.25) is 0 Å². The van der Waals surface area contributed by atoms with E-state index in [1.54, 1.807) is 46.0 Å². The molecule has 1 heterocycles. The monoisotopic (exact) mass is 786 g/mol. The van der Waals surface area contributed by atoms with Gasteiger partial charge in [-0.3, -0.25) is 24.2 Å². The van der Waals surface area contributed by atoms with Crippen LogP contribution in [0, 0.1) is 11.8 Å². The third kappa shape index (κ3) is 16.0. The summed E-state index contributed by atoms with van der Waals surface area (Å²) in [5.74, 6) is -2.32. The van der Waals surface area contributed by atoms with Crippen molar-refractivity contribution < 1.29 is 33.8 Å². The number of aliphatic hydroxyl groups excluding tert-OH is 1. The zero-order valence-corrected chi connectivity index (χ0v) is 34.6. The van der Waals surface area contributed by atoms with Crippen molar-refractivity contribution in [1.29, 1.82) is 0 Å². The highest BCUT2D eigenvalue weighted by atomic mass is 16.6. The van der Waals surface area contributed by atoms with Crippen molar-refractivity contribution in [3.05, 3.63) is 102 Å². The fourth-order valence-electron chi connectivity index (χ4n) is 6.25. The zero-order chi connectivity index (χ0) is 42.2. The molecule has 13 nitrogen and oxygen atoms in total. The predicted octanol–water partition coefficient (Wildman–Crippen LogP) is 4.76. The fraction of sp³-hybridized carbons (Fsp3) is 0.500. The van der Waals surface area contributed by atoms with Crippen molar-refractivity contribution in [1.82, 2.24) is 31.6 Å². The van der Waals surface area contributed by atoms with E-state index in [1.807, 2.05) is 94.4 Å². The number of rotatable bonds is 20. The number of pyridine rings is 1. The number of aliphatic hydroxyl groups is 1. The van der Waals surface area contributed by atoms with Crippen LogP contribution in [0.25, 0.3) is 0 Å². The van der Waals surface area contributed by atoms with E-state index in [4.69, 9.17) is 4.74 Å². The first-order valence-electron chi connectivity index (χ1n) is 19.7. The summed E-state index contributed by atoms with van der Waals surface area (Å²) in [5.41, 5.74) is -0.154. The topological polar surface area (TPSA) is 188 Å². The van der Waals surface area contributed by atoms with E-state index in [9.17, 15) is 29.1 Å². The largest absolute Gasteiger partial charge is 0.444 e. The average Bonchev–Trinajstić information content (AvgIpc) is 3.15. The van der Waals surface area contributed by atoms with Gasteiger partial charge in [0.15, 0.2) is 0 Å². The number of benzene rings is 2. The van der Waals surface area contributed by atoms with Crippen LogP contribution in [0.5, 0.6) is 0 Å². The molecule has 0 fully saturated rings. The van der Waals surface area contributed by atoms with Crippen molar-refractivity contribution in [2.24, 2.45) is 11.8 Å². The molecule has 0 aliphatic carbocycles. The highest BCUT2D eigenvalue weighted by Crippen LogP contribution is 2.19. The maximum atomic E-state index is 14.3. The Labute approximate surface area is 337 Å². The van der Waals surface area contributed by atoms with Crippen LogP contribution in [0.4, 0.5) is 4.79 Å². The van der Waals surface area contributed by atoms with Gasteiger partial charge in [-0.2, -0.15) is 0 Å². The lowest BCUT2D eigenvalue weighted by atomic mass is 9.91. The van der Waals surface area contributed by atoms with Crippen molar-refractivity contribution in [3.8, 4) is 0 Å². The minimum absolute atomic E-state index is 0.00704. The van der Waals surface area contributed by atoms with Crippen LogP contribution < -0.4 is 26.6 Å². The summed E-state index contributed by atoms with van der Waals surface area (Å²) in [6.07, 6.45) is 0.259. The number of carbonyl (C=O) groups is 5. The van der Waals surface area contributed by atoms with Gasteiger partial charge in [0.25, 0.3) is 0 Å². The van der Waals surface area contributed by atoms with Crippen molar-refractivity contribution in [3.63, 3.8) is 0 Å². The Morgan fingerprint density at radius 1 is 0.789 bits per heavy atom. The second kappa shape index (κ2) is 21.9. The van der Waals surface area contributed by atoms with E-state index in [0.717, 1.165) is 11.1 Å². The van der Waals surface area contributed by atoms with E-state index < -0.39 is 59.2 Å². The summed E-state index contributed by atoms with van der Waals surface area (Å²) < 4.78 is 5.51. The first-order valence-corrected chi connectivity index (χ1v) is 19.7. The third-order valence-corrected chi connectivity index (χ3v) is 9.48. The number of amides is 5. The number of carbonyl (C=O) groups excluding carboxylic acids is 5. The molecule has 3 rings (SSSR count). The van der Waals surface area contributed by atoms with Crippen LogP contribution in [-0.2, 0) is 43.3 Å². The van der Waals surface area contributed by atoms with Gasteiger partial charge < -0.3 is 36.4 Å². The Hall–Kier alpha value is -5.30. The van der Waals surface area contributed by atoms with E-state index in [1.165, 1.54) is 0 Å². The van der Waals surface area contributed by atoms with Crippen LogP contribution in [0.1, 0.15) is 91.5 Å². The maximum Gasteiger partial charge on any atom is 0.408 e. The average molecular weight is 787 g/mol. The summed E-state index contributed by atoms with van der Waals surface area (Å²) in [6.45, 7) is 14.6. The van der Waals surface area contributed by atoms with E-state index >= 15 is 0 Å². The number of nitrogens with one attached hydrogen (secondary N) is 5. The normalized spacial score (nSPS) is 15.1. The molecule has 6 N–H and O–H groups in total. The van der Waals surface area contributed by atoms with E-state index in [0.29, 0.717) is 18.5 Å². The summed E-state index contributed by atoms with van der Waals surface area (Å²) in [6, 6.07) is 20.9. The first-order chi connectivity index (χ1) is 26.9. The lowest BCUT2D eigenvalue weighted by Crippen LogP contribution is -2.63. The summed E-state index contributed by atoms with van der Waals surface area (Å²) in [5, 5.41) is 25.7. The highest BCUT2D eigenvalue weighted by molar-refractivity contribution is 5.94. The third-order valence-electron chi connectivity index (χ3n) is 9.48. The molecule has 0 aliphatic rings. The fourth-order valence-corrected chi connectivity index (χ4v) is 6.25. The van der Waals surface area contributed by atoms with Crippen LogP contribution in [0.3, 0.4) is 0 Å². The van der Waals surface area contributed by atoms with Crippen molar-refractivity contribution >= 4 is 29.7 Å². The Morgan fingerprint density at radius 2 is 1.40 bits per heavy atom. The quantitative estimate of drug-likeness (QED) is 0.0946. The molecule has 1 aromatic heterocycles. The Morgan fingerprint density at radius 3 is 1.96 bits per heavy atom. The maximum absolute atomic E-state index is 14.3. The van der Waals surface area contributed by atoms with E-state index in [2.05, 4.69) is 31.6 Å². The molecule has 0 bridgehead atoms. The first kappa shape index (κ1) is 46.1. The molecule has 6 atom stereocenters. The molecule has 3 aromatic rings. The number of nitrogens with zero attached hydrogens (tertiary/aromatic N) is 1. The second-order valence-electron chi connectivity index (χ2n) is 16.3. The summed E-state index contributed by atoms with van der Waals surface area (Å²) in [7, 11) is 0. The zero-order valence-electron chi connectivity index (χ0n) is 34.6. The smallest absolute Gasteiger partial charge is 0.408 e. The molecule has 0 saturated carbocycles. The standard InChI is InChI=1S/C44H62N6O7/c1-9-30(4)38(40(54)46-28-33-22-16-17-23-45-33)49-37(52)26-36(51)34(24-29(2)3)47-39(53)35(25-31-18-12-10-13-19-31)48-41(55)44(8,27-32-20-14-11-15-21-32)50-42(56)57-43(5,6)7/h10-23,29-30,34-36,38,51H,9,24-28H2,1-8H3,(H,46,54)(H,47,53)(H,48,55)(H,49,52)(H,50,56). The highest BCUT2D eigenvalue weighted by Gasteiger charge is 2.39. The van der Waals surface area contributed by atoms with Crippen molar-refractivity contribution in [2.75, 3.05) is 0 Å². The Bertz CT molecular complexity index is 1740. The van der Waals surface area contributed by atoms with Gasteiger partial charge in [0.1, 0.15) is 23.2 Å². The molecule has 2 aromatic carbocycles. The van der Waals surface area contributed by atoms with Gasteiger partial charge >= 0.3 is 6.09 Å². The Balaban J connectivity index is 1.83. The summed E-state index contributed by atoms with van der Waals surface area (Å²) >= 11 is 0. The summed E-state index contributed by atoms with van der Waals surface area (Å²) in [4.78, 5) is 72.5. The number of alkyl carbamates (subject to hydrolysis) is 1. The lowest BCUT2D eigenvalue weighted by molar-refractivity contribution is -0.133.